The van der Waals surface area contributed by atoms with Gasteiger partial charge < -0.3 is 18.3 Å². The first-order valence-corrected chi connectivity index (χ1v) is 7.84. The Bertz CT molecular complexity index is 1180. The van der Waals surface area contributed by atoms with Crippen molar-refractivity contribution in [1.82, 2.24) is 0 Å². The van der Waals surface area contributed by atoms with E-state index in [-0.39, 0.29) is 0 Å². The summed E-state index contributed by atoms with van der Waals surface area (Å²) in [6.07, 6.45) is 0. The van der Waals surface area contributed by atoms with Gasteiger partial charge in [-0.3, -0.25) is 0 Å². The topological polar surface area (TPSA) is 78.9 Å². The Morgan fingerprint density at radius 3 is 2.38 bits per heavy atom. The van der Waals surface area contributed by atoms with Crippen molar-refractivity contribution >= 4 is 27.9 Å². The van der Waals surface area contributed by atoms with Crippen molar-refractivity contribution in [2.24, 2.45) is 0 Å². The zero-order valence-corrected chi connectivity index (χ0v) is 14.1. The van der Waals surface area contributed by atoms with Crippen LogP contribution in [0.1, 0.15) is 10.4 Å². The lowest BCUT2D eigenvalue weighted by Crippen LogP contribution is -2.00. The fourth-order valence-electron chi connectivity index (χ4n) is 2.83. The average molecular weight is 350 g/mol. The van der Waals surface area contributed by atoms with Crippen molar-refractivity contribution in [2.75, 3.05) is 14.2 Å². The van der Waals surface area contributed by atoms with Gasteiger partial charge in [-0.25, -0.2) is 9.59 Å². The van der Waals surface area contributed by atoms with Crippen LogP contribution in [-0.4, -0.2) is 20.2 Å². The lowest BCUT2D eigenvalue weighted by Gasteiger charge is -2.02. The molecule has 26 heavy (non-hydrogen) atoms. The van der Waals surface area contributed by atoms with E-state index in [1.165, 1.54) is 7.11 Å². The maximum absolute atomic E-state index is 12.3. The molecule has 0 saturated carbocycles. The average Bonchev–Trinajstić information content (AvgIpc) is 3.13. The van der Waals surface area contributed by atoms with Crippen LogP contribution in [0, 0.1) is 0 Å². The number of hydrogen-bond acceptors (Lipinski definition) is 6. The molecule has 2 aromatic heterocycles. The second kappa shape index (κ2) is 6.07. The van der Waals surface area contributed by atoms with Crippen LogP contribution in [-0.2, 0) is 4.74 Å². The molecule has 130 valence electrons. The highest BCUT2D eigenvalue weighted by molar-refractivity contribution is 6.02. The molecule has 0 N–H and O–H groups in total. The summed E-state index contributed by atoms with van der Waals surface area (Å²) in [7, 11) is 2.87. The molecule has 0 radical (unpaired) electrons. The van der Waals surface area contributed by atoms with Crippen LogP contribution in [0.5, 0.6) is 5.75 Å². The molecular formula is C20H14O6. The van der Waals surface area contributed by atoms with Crippen LogP contribution >= 0.6 is 0 Å². The summed E-state index contributed by atoms with van der Waals surface area (Å²) < 4.78 is 21.2. The van der Waals surface area contributed by atoms with E-state index in [2.05, 4.69) is 4.74 Å². The number of hydrogen-bond donors (Lipinski definition) is 0. The van der Waals surface area contributed by atoms with E-state index < -0.39 is 11.6 Å². The number of methoxy groups -OCH3 is 2. The third kappa shape index (κ3) is 2.52. The predicted octanol–water partition coefficient (Wildman–Crippen LogP) is 4.00. The Labute approximate surface area is 147 Å². The van der Waals surface area contributed by atoms with Crippen molar-refractivity contribution in [2.45, 2.75) is 0 Å². The zero-order valence-electron chi connectivity index (χ0n) is 14.1. The lowest BCUT2D eigenvalue weighted by molar-refractivity contribution is 0.0600. The van der Waals surface area contributed by atoms with E-state index in [0.29, 0.717) is 39.0 Å². The van der Waals surface area contributed by atoms with Crippen LogP contribution in [0.15, 0.2) is 62.2 Å². The monoisotopic (exact) mass is 350 g/mol. The highest BCUT2D eigenvalue weighted by atomic mass is 16.5. The number of rotatable bonds is 3. The summed E-state index contributed by atoms with van der Waals surface area (Å²) in [6, 6.07) is 13.6. The van der Waals surface area contributed by atoms with E-state index >= 15 is 0 Å². The molecule has 0 fully saturated rings. The summed E-state index contributed by atoms with van der Waals surface area (Å²) in [5.74, 6) is 0.680. The quantitative estimate of drug-likeness (QED) is 0.410. The molecule has 2 heterocycles. The van der Waals surface area contributed by atoms with Gasteiger partial charge in [-0.15, -0.1) is 0 Å². The maximum Gasteiger partial charge on any atom is 0.347 e. The minimum atomic E-state index is -0.484. The van der Waals surface area contributed by atoms with Gasteiger partial charge in [-0.05, 0) is 30.3 Å². The first kappa shape index (κ1) is 16.0. The summed E-state index contributed by atoms with van der Waals surface area (Å²) in [5.41, 5.74) is 1.52. The van der Waals surface area contributed by atoms with Crippen LogP contribution < -0.4 is 10.4 Å². The van der Waals surface area contributed by atoms with Crippen molar-refractivity contribution in [3.8, 4) is 17.1 Å². The molecule has 0 aliphatic carbocycles. The molecular weight excluding hydrogens is 336 g/mol. The van der Waals surface area contributed by atoms with E-state index in [9.17, 15) is 9.59 Å². The molecule has 6 nitrogen and oxygen atoms in total. The molecule has 0 bridgehead atoms. The van der Waals surface area contributed by atoms with Gasteiger partial charge in [0, 0.05) is 11.6 Å². The minimum Gasteiger partial charge on any atom is -0.497 e. The van der Waals surface area contributed by atoms with Crippen molar-refractivity contribution in [3.05, 3.63) is 64.5 Å². The number of carbonyl (C=O) groups is 1. The molecule has 6 heteroatoms. The molecule has 0 spiro atoms. The third-order valence-corrected chi connectivity index (χ3v) is 4.18. The van der Waals surface area contributed by atoms with Crippen LogP contribution in [0.25, 0.3) is 33.3 Å². The largest absolute Gasteiger partial charge is 0.497 e. The summed E-state index contributed by atoms with van der Waals surface area (Å²) in [6.45, 7) is 0. The van der Waals surface area contributed by atoms with Crippen LogP contribution in [0.2, 0.25) is 0 Å². The first-order valence-electron chi connectivity index (χ1n) is 7.84. The standard InChI is InChI=1S/C20H14O6/c1-23-13-7-8-14-17(9-13)26-20(22)15-10-16(25-18(14)15)11-3-5-12(6-4-11)19(21)24-2/h3-10H,1-2H3. The Kier molecular flexibility index (Phi) is 3.73. The van der Waals surface area contributed by atoms with Crippen molar-refractivity contribution in [3.63, 3.8) is 0 Å². The van der Waals surface area contributed by atoms with Crippen molar-refractivity contribution < 1.29 is 23.1 Å². The molecule has 0 aliphatic heterocycles. The smallest absolute Gasteiger partial charge is 0.347 e. The van der Waals surface area contributed by atoms with Crippen molar-refractivity contribution in [1.29, 1.82) is 0 Å². The fraction of sp³-hybridized carbons (Fsp3) is 0.100. The second-order valence-electron chi connectivity index (χ2n) is 5.67. The van der Waals surface area contributed by atoms with Gasteiger partial charge in [-0.1, -0.05) is 12.1 Å². The van der Waals surface area contributed by atoms with E-state index in [1.54, 1.807) is 55.6 Å². The molecule has 0 aliphatic rings. The Hall–Kier alpha value is -3.54. The van der Waals surface area contributed by atoms with Gasteiger partial charge in [0.1, 0.15) is 22.5 Å². The molecule has 2 aromatic carbocycles. The lowest BCUT2D eigenvalue weighted by atomic mass is 10.1. The molecule has 0 saturated heterocycles. The zero-order chi connectivity index (χ0) is 18.3. The molecule has 4 aromatic rings. The van der Waals surface area contributed by atoms with Gasteiger partial charge in [0.25, 0.3) is 0 Å². The van der Waals surface area contributed by atoms with Gasteiger partial charge in [0.2, 0.25) is 0 Å². The summed E-state index contributed by atoms with van der Waals surface area (Å²) in [5, 5.41) is 1.03. The highest BCUT2D eigenvalue weighted by Gasteiger charge is 2.15. The predicted molar refractivity (Wildman–Crippen MR) is 95.6 cm³/mol. The van der Waals surface area contributed by atoms with Crippen LogP contribution in [0.4, 0.5) is 0 Å². The second-order valence-corrected chi connectivity index (χ2v) is 5.67. The minimum absolute atomic E-state index is 0.356. The Morgan fingerprint density at radius 1 is 0.923 bits per heavy atom. The number of carbonyl (C=O) groups excluding carboxylic acids is 1. The van der Waals surface area contributed by atoms with E-state index in [0.717, 1.165) is 5.56 Å². The van der Waals surface area contributed by atoms with E-state index in [1.807, 2.05) is 0 Å². The summed E-state index contributed by atoms with van der Waals surface area (Å²) in [4.78, 5) is 23.8. The Balaban J connectivity index is 1.87. The molecule has 0 unspecified atom stereocenters. The Morgan fingerprint density at radius 2 is 1.69 bits per heavy atom. The fourth-order valence-corrected chi connectivity index (χ4v) is 2.83. The number of furan rings is 1. The van der Waals surface area contributed by atoms with Gasteiger partial charge >= 0.3 is 11.6 Å². The highest BCUT2D eigenvalue weighted by Crippen LogP contribution is 2.32. The van der Waals surface area contributed by atoms with Gasteiger partial charge in [0.05, 0.1) is 25.2 Å². The molecule has 0 amide bonds. The first-order chi connectivity index (χ1) is 12.6. The molecule has 0 atom stereocenters. The van der Waals surface area contributed by atoms with Gasteiger partial charge in [0.15, 0.2) is 5.58 Å². The number of fused-ring (bicyclic) bond motifs is 3. The van der Waals surface area contributed by atoms with Crippen LogP contribution in [0.3, 0.4) is 0 Å². The number of benzene rings is 2. The maximum atomic E-state index is 12.3. The number of ether oxygens (including phenoxy) is 2. The third-order valence-electron chi connectivity index (χ3n) is 4.18. The normalized spacial score (nSPS) is 11.0. The number of esters is 1. The molecule has 4 rings (SSSR count). The van der Waals surface area contributed by atoms with E-state index in [4.69, 9.17) is 13.6 Å². The van der Waals surface area contributed by atoms with Gasteiger partial charge in [-0.2, -0.15) is 0 Å². The summed E-state index contributed by atoms with van der Waals surface area (Å²) >= 11 is 0. The SMILES string of the molecule is COC(=O)c1ccc(-c2cc3c(=O)oc4cc(OC)ccc4c3o2)cc1.